The smallest absolute Gasteiger partial charge is 0.245 e. The molecule has 0 aliphatic carbocycles. The van der Waals surface area contributed by atoms with Crippen LogP contribution in [0, 0.1) is 0 Å². The molecule has 2 aliphatic heterocycles. The van der Waals surface area contributed by atoms with Gasteiger partial charge in [-0.05, 0) is 31.0 Å². The maximum atomic E-state index is 13.0. The van der Waals surface area contributed by atoms with Crippen molar-refractivity contribution in [1.82, 2.24) is 4.31 Å². The summed E-state index contributed by atoms with van der Waals surface area (Å²) in [5, 5.41) is 0.506. The van der Waals surface area contributed by atoms with Crippen LogP contribution in [0.5, 0.6) is 0 Å². The zero-order chi connectivity index (χ0) is 15.7. The number of rotatable bonds is 3. The summed E-state index contributed by atoms with van der Waals surface area (Å²) in [6, 6.07) is 4.13. The van der Waals surface area contributed by atoms with E-state index in [4.69, 9.17) is 32.7 Å². The zero-order valence-electron chi connectivity index (χ0n) is 11.9. The van der Waals surface area contributed by atoms with Crippen LogP contribution >= 0.6 is 23.2 Å². The fourth-order valence-corrected chi connectivity index (χ4v) is 5.32. The number of halogens is 2. The van der Waals surface area contributed by atoms with Crippen molar-refractivity contribution in [2.75, 3.05) is 19.8 Å². The van der Waals surface area contributed by atoms with E-state index in [9.17, 15) is 8.42 Å². The summed E-state index contributed by atoms with van der Waals surface area (Å²) in [7, 11) is -3.74. The summed E-state index contributed by atoms with van der Waals surface area (Å²) in [6.45, 7) is 1.42. The molecule has 2 fully saturated rings. The van der Waals surface area contributed by atoms with Crippen molar-refractivity contribution in [3.05, 3.63) is 28.2 Å². The van der Waals surface area contributed by atoms with Gasteiger partial charge in [0.05, 0.1) is 24.3 Å². The fourth-order valence-electron chi connectivity index (χ4n) is 2.90. The summed E-state index contributed by atoms with van der Waals surface area (Å²) in [5.41, 5.74) is 0. The fraction of sp³-hybridized carbons (Fsp3) is 0.571. The molecule has 122 valence electrons. The van der Waals surface area contributed by atoms with Crippen molar-refractivity contribution in [2.45, 2.75) is 36.5 Å². The van der Waals surface area contributed by atoms with E-state index < -0.39 is 16.3 Å². The molecule has 3 rings (SSSR count). The van der Waals surface area contributed by atoms with E-state index in [1.54, 1.807) is 6.07 Å². The molecule has 1 unspecified atom stereocenters. The molecule has 0 N–H and O–H groups in total. The van der Waals surface area contributed by atoms with E-state index in [1.807, 2.05) is 0 Å². The Kier molecular flexibility index (Phi) is 4.97. The first-order valence-corrected chi connectivity index (χ1v) is 9.40. The maximum Gasteiger partial charge on any atom is 0.245 e. The Balaban J connectivity index is 1.96. The lowest BCUT2D eigenvalue weighted by atomic mass is 10.0. The Morgan fingerprint density at radius 3 is 2.59 bits per heavy atom. The van der Waals surface area contributed by atoms with Gasteiger partial charge in [-0.2, -0.15) is 4.31 Å². The predicted molar refractivity (Wildman–Crippen MR) is 83.7 cm³/mol. The number of sulfonamides is 1. The molecule has 0 aromatic heterocycles. The van der Waals surface area contributed by atoms with Crippen molar-refractivity contribution >= 4 is 33.2 Å². The summed E-state index contributed by atoms with van der Waals surface area (Å²) in [6.07, 6.45) is 1.96. The highest BCUT2D eigenvalue weighted by molar-refractivity contribution is 7.89. The van der Waals surface area contributed by atoms with Gasteiger partial charge in [-0.15, -0.1) is 0 Å². The van der Waals surface area contributed by atoms with Crippen LogP contribution in [0.15, 0.2) is 23.1 Å². The minimum absolute atomic E-state index is 0.0339. The van der Waals surface area contributed by atoms with E-state index >= 15 is 0 Å². The minimum atomic E-state index is -3.74. The first-order chi connectivity index (χ1) is 10.5. The van der Waals surface area contributed by atoms with Crippen LogP contribution in [0.4, 0.5) is 0 Å². The summed E-state index contributed by atoms with van der Waals surface area (Å²) >= 11 is 12.0. The average molecular weight is 366 g/mol. The van der Waals surface area contributed by atoms with Gasteiger partial charge in [-0.3, -0.25) is 0 Å². The Bertz CT molecular complexity index is 646. The van der Waals surface area contributed by atoms with Crippen molar-refractivity contribution in [2.24, 2.45) is 0 Å². The first kappa shape index (κ1) is 16.5. The minimum Gasteiger partial charge on any atom is -0.349 e. The van der Waals surface area contributed by atoms with Crippen LogP contribution in [0.1, 0.15) is 19.3 Å². The van der Waals surface area contributed by atoms with E-state index in [2.05, 4.69) is 0 Å². The van der Waals surface area contributed by atoms with E-state index in [1.165, 1.54) is 16.4 Å². The lowest BCUT2D eigenvalue weighted by Gasteiger charge is -2.37. The highest BCUT2D eigenvalue weighted by Crippen LogP contribution is 2.33. The maximum absolute atomic E-state index is 13.0. The molecule has 1 aromatic rings. The lowest BCUT2D eigenvalue weighted by Crippen LogP contribution is -2.50. The van der Waals surface area contributed by atoms with Gasteiger partial charge < -0.3 is 9.47 Å². The van der Waals surface area contributed by atoms with Crippen molar-refractivity contribution in [1.29, 1.82) is 0 Å². The number of hydrogen-bond donors (Lipinski definition) is 0. The topological polar surface area (TPSA) is 55.8 Å². The summed E-state index contributed by atoms with van der Waals surface area (Å²) < 4.78 is 38.5. The molecule has 5 nitrogen and oxygen atoms in total. The molecular weight excluding hydrogens is 349 g/mol. The van der Waals surface area contributed by atoms with Crippen LogP contribution in [-0.2, 0) is 19.5 Å². The molecule has 2 aliphatic rings. The second-order valence-corrected chi connectivity index (χ2v) is 8.07. The number of ether oxygens (including phenoxy) is 2. The normalized spacial score (nSPS) is 24.7. The van der Waals surface area contributed by atoms with Crippen LogP contribution in [0.25, 0.3) is 0 Å². The molecule has 0 saturated carbocycles. The Morgan fingerprint density at radius 2 is 1.86 bits per heavy atom. The monoisotopic (exact) mass is 365 g/mol. The van der Waals surface area contributed by atoms with Crippen LogP contribution in [0.3, 0.4) is 0 Å². The number of hydrogen-bond acceptors (Lipinski definition) is 4. The molecule has 0 bridgehead atoms. The second-order valence-electron chi connectivity index (χ2n) is 5.36. The summed E-state index contributed by atoms with van der Waals surface area (Å²) in [4.78, 5) is 0.0339. The Morgan fingerprint density at radius 1 is 1.14 bits per heavy atom. The van der Waals surface area contributed by atoms with Gasteiger partial charge in [0.25, 0.3) is 0 Å². The first-order valence-electron chi connectivity index (χ1n) is 7.20. The molecule has 0 amide bonds. The molecule has 8 heteroatoms. The SMILES string of the molecule is O=S(=O)(c1cc(Cl)ccc1Cl)N1CCCCC1C1OCCO1. The van der Waals surface area contributed by atoms with E-state index in [0.29, 0.717) is 31.2 Å². The van der Waals surface area contributed by atoms with Gasteiger partial charge in [0, 0.05) is 11.6 Å². The molecule has 0 radical (unpaired) electrons. The van der Waals surface area contributed by atoms with Gasteiger partial charge >= 0.3 is 0 Å². The second kappa shape index (κ2) is 6.63. The predicted octanol–water partition coefficient (Wildman–Crippen LogP) is 2.91. The lowest BCUT2D eigenvalue weighted by molar-refractivity contribution is -0.0913. The van der Waals surface area contributed by atoms with E-state index in [-0.39, 0.29) is 16.0 Å². The van der Waals surface area contributed by atoms with Crippen molar-refractivity contribution < 1.29 is 17.9 Å². The Labute approximate surface area is 140 Å². The van der Waals surface area contributed by atoms with Gasteiger partial charge in [-0.1, -0.05) is 29.6 Å². The number of nitrogens with zero attached hydrogens (tertiary/aromatic N) is 1. The largest absolute Gasteiger partial charge is 0.349 e. The average Bonchev–Trinajstić information content (AvgIpc) is 3.04. The van der Waals surface area contributed by atoms with Crippen LogP contribution in [0.2, 0.25) is 10.0 Å². The highest BCUT2D eigenvalue weighted by Gasteiger charge is 2.41. The number of benzene rings is 1. The summed E-state index contributed by atoms with van der Waals surface area (Å²) in [5.74, 6) is 0. The van der Waals surface area contributed by atoms with Gasteiger partial charge in [0.2, 0.25) is 10.0 Å². The van der Waals surface area contributed by atoms with Crippen molar-refractivity contribution in [3.63, 3.8) is 0 Å². The standard InChI is InChI=1S/C14H17Cl2NO4S/c15-10-4-5-11(16)13(9-10)22(18,19)17-6-2-1-3-12(17)14-20-7-8-21-14/h4-5,9,12,14H,1-3,6-8H2. The molecule has 2 heterocycles. The van der Waals surface area contributed by atoms with Gasteiger partial charge in [-0.25, -0.2) is 8.42 Å². The molecule has 1 atom stereocenters. The van der Waals surface area contributed by atoms with Crippen LogP contribution < -0.4 is 0 Å². The van der Waals surface area contributed by atoms with Gasteiger partial charge in [0.15, 0.2) is 6.29 Å². The Hall–Kier alpha value is -0.370. The quantitative estimate of drug-likeness (QED) is 0.826. The number of piperidine rings is 1. The third-order valence-corrected chi connectivity index (χ3v) is 6.58. The van der Waals surface area contributed by atoms with Crippen molar-refractivity contribution in [3.8, 4) is 0 Å². The van der Waals surface area contributed by atoms with Crippen LogP contribution in [-0.4, -0.2) is 44.8 Å². The molecule has 2 saturated heterocycles. The molecule has 1 aromatic carbocycles. The highest BCUT2D eigenvalue weighted by atomic mass is 35.5. The molecule has 22 heavy (non-hydrogen) atoms. The third kappa shape index (κ3) is 3.13. The molecular formula is C14H17Cl2NO4S. The third-order valence-electron chi connectivity index (χ3n) is 3.94. The van der Waals surface area contributed by atoms with E-state index in [0.717, 1.165) is 12.8 Å². The molecule has 0 spiro atoms. The van der Waals surface area contributed by atoms with Gasteiger partial charge in [0.1, 0.15) is 4.90 Å². The zero-order valence-corrected chi connectivity index (χ0v) is 14.2.